The van der Waals surface area contributed by atoms with Gasteiger partial charge in [-0.25, -0.2) is 0 Å². The second-order valence-corrected chi connectivity index (χ2v) is 6.92. The molecule has 4 aromatic rings. The first-order valence-corrected chi connectivity index (χ1v) is 9.30. The summed E-state index contributed by atoms with van der Waals surface area (Å²) in [6.07, 6.45) is 0. The Labute approximate surface area is 159 Å². The minimum absolute atomic E-state index is 0.187. The summed E-state index contributed by atoms with van der Waals surface area (Å²) in [5, 5.41) is 0.810. The molecule has 1 amide bonds. The Hall–Kier alpha value is -3.06. The summed E-state index contributed by atoms with van der Waals surface area (Å²) in [7, 11) is 3.50. The summed E-state index contributed by atoms with van der Waals surface area (Å²) in [5.74, 6) is 1.14. The van der Waals surface area contributed by atoms with Crippen LogP contribution in [-0.4, -0.2) is 24.2 Å². The first kappa shape index (κ1) is 17.4. The molecule has 7 heteroatoms. The third-order valence-electron chi connectivity index (χ3n) is 4.23. The van der Waals surface area contributed by atoms with E-state index in [9.17, 15) is 4.79 Å². The van der Waals surface area contributed by atoms with E-state index in [1.54, 1.807) is 13.2 Å². The normalized spacial score (nSPS) is 12.0. The molecule has 0 bridgehead atoms. The summed E-state index contributed by atoms with van der Waals surface area (Å²) in [6, 6.07) is 13.0. The smallest absolute Gasteiger partial charge is 0.315 e. The topological polar surface area (TPSA) is 66.0 Å². The van der Waals surface area contributed by atoms with Crippen molar-refractivity contribution in [1.82, 2.24) is 4.57 Å². The van der Waals surface area contributed by atoms with E-state index in [0.717, 1.165) is 21.4 Å². The Morgan fingerprint density at radius 1 is 1.26 bits per heavy atom. The molecule has 0 aliphatic rings. The van der Waals surface area contributed by atoms with Crippen LogP contribution < -0.4 is 14.3 Å². The molecule has 138 valence electrons. The van der Waals surface area contributed by atoms with E-state index in [0.29, 0.717) is 22.7 Å². The number of nitrogens with zero attached hydrogens (tertiary/aromatic N) is 2. The lowest BCUT2D eigenvalue weighted by Crippen LogP contribution is -2.12. The van der Waals surface area contributed by atoms with Gasteiger partial charge >= 0.3 is 5.91 Å². The molecule has 0 saturated carbocycles. The molecule has 0 saturated heterocycles. The van der Waals surface area contributed by atoms with Crippen LogP contribution in [0.25, 0.3) is 21.2 Å². The lowest BCUT2D eigenvalue weighted by Gasteiger charge is -2.01. The van der Waals surface area contributed by atoms with Gasteiger partial charge in [-0.05, 0) is 37.3 Å². The van der Waals surface area contributed by atoms with Crippen LogP contribution >= 0.6 is 11.3 Å². The van der Waals surface area contributed by atoms with Crippen molar-refractivity contribution >= 4 is 38.4 Å². The number of fused-ring (bicyclic) bond motifs is 2. The number of amides is 1. The number of furan rings is 1. The molecule has 0 unspecified atom stereocenters. The molecule has 0 aliphatic carbocycles. The van der Waals surface area contributed by atoms with Gasteiger partial charge in [-0.2, -0.15) is 4.99 Å². The van der Waals surface area contributed by atoms with Crippen LogP contribution in [0.5, 0.6) is 11.5 Å². The van der Waals surface area contributed by atoms with Gasteiger partial charge < -0.3 is 18.5 Å². The Kier molecular flexibility index (Phi) is 4.45. The number of benzene rings is 2. The fourth-order valence-electron chi connectivity index (χ4n) is 2.90. The Morgan fingerprint density at radius 2 is 2.11 bits per heavy atom. The third-order valence-corrected chi connectivity index (χ3v) is 5.33. The Bertz CT molecular complexity index is 1220. The summed E-state index contributed by atoms with van der Waals surface area (Å²) >= 11 is 1.42. The Balaban J connectivity index is 1.77. The van der Waals surface area contributed by atoms with Gasteiger partial charge in [-0.3, -0.25) is 4.79 Å². The molecule has 2 heterocycles. The fraction of sp³-hybridized carbons (Fsp3) is 0.200. The van der Waals surface area contributed by atoms with Gasteiger partial charge in [-0.1, -0.05) is 23.5 Å². The van der Waals surface area contributed by atoms with Crippen molar-refractivity contribution in [3.05, 3.63) is 53.0 Å². The van der Waals surface area contributed by atoms with E-state index in [1.807, 2.05) is 54.9 Å². The van der Waals surface area contributed by atoms with Gasteiger partial charge in [-0.15, -0.1) is 0 Å². The maximum Gasteiger partial charge on any atom is 0.315 e. The molecule has 2 aromatic heterocycles. The zero-order valence-electron chi connectivity index (χ0n) is 15.2. The molecule has 2 aromatic carbocycles. The van der Waals surface area contributed by atoms with E-state index < -0.39 is 5.91 Å². The summed E-state index contributed by atoms with van der Waals surface area (Å²) < 4.78 is 19.4. The highest BCUT2D eigenvalue weighted by Crippen LogP contribution is 2.29. The van der Waals surface area contributed by atoms with E-state index in [2.05, 4.69) is 4.99 Å². The number of rotatable bonds is 4. The number of methoxy groups -OCH3 is 1. The average molecular weight is 382 g/mol. The van der Waals surface area contributed by atoms with Crippen molar-refractivity contribution in [2.45, 2.75) is 6.92 Å². The zero-order chi connectivity index (χ0) is 19.0. The van der Waals surface area contributed by atoms with Crippen molar-refractivity contribution in [3.63, 3.8) is 0 Å². The van der Waals surface area contributed by atoms with Crippen LogP contribution in [0.1, 0.15) is 17.5 Å². The van der Waals surface area contributed by atoms with Crippen LogP contribution in [0, 0.1) is 0 Å². The van der Waals surface area contributed by atoms with E-state index in [-0.39, 0.29) is 5.76 Å². The van der Waals surface area contributed by atoms with E-state index >= 15 is 0 Å². The molecule has 27 heavy (non-hydrogen) atoms. The second-order valence-electron chi connectivity index (χ2n) is 5.91. The molecule has 0 atom stereocenters. The molecule has 6 nitrogen and oxygen atoms in total. The van der Waals surface area contributed by atoms with E-state index in [4.69, 9.17) is 13.9 Å². The SMILES string of the molecule is CCOc1cccc2cc(C(=O)N=c3sc4cc(OC)ccc4n3C)oc12. The predicted molar refractivity (Wildman–Crippen MR) is 105 cm³/mol. The van der Waals surface area contributed by atoms with Crippen molar-refractivity contribution in [2.75, 3.05) is 13.7 Å². The van der Waals surface area contributed by atoms with E-state index in [1.165, 1.54) is 11.3 Å². The predicted octanol–water partition coefficient (Wildman–Crippen LogP) is 4.13. The van der Waals surface area contributed by atoms with Crippen LogP contribution in [0.2, 0.25) is 0 Å². The minimum atomic E-state index is -0.428. The second kappa shape index (κ2) is 6.92. The number of ether oxygens (including phenoxy) is 2. The number of carbonyl (C=O) groups excluding carboxylic acids is 1. The first-order valence-electron chi connectivity index (χ1n) is 8.48. The lowest BCUT2D eigenvalue weighted by molar-refractivity contribution is 0.0973. The van der Waals surface area contributed by atoms with Crippen molar-refractivity contribution in [2.24, 2.45) is 12.0 Å². The lowest BCUT2D eigenvalue weighted by atomic mass is 10.2. The van der Waals surface area contributed by atoms with Gasteiger partial charge in [0.2, 0.25) is 0 Å². The molecule has 0 spiro atoms. The number of hydrogen-bond donors (Lipinski definition) is 0. The Morgan fingerprint density at radius 3 is 2.89 bits per heavy atom. The number of carbonyl (C=O) groups is 1. The highest BCUT2D eigenvalue weighted by Gasteiger charge is 2.15. The number of thiazole rings is 1. The number of aromatic nitrogens is 1. The van der Waals surface area contributed by atoms with Gasteiger partial charge in [0.05, 0.1) is 23.9 Å². The van der Waals surface area contributed by atoms with Crippen LogP contribution in [0.4, 0.5) is 0 Å². The highest BCUT2D eigenvalue weighted by molar-refractivity contribution is 7.16. The van der Waals surface area contributed by atoms with Crippen molar-refractivity contribution < 1.29 is 18.7 Å². The maximum absolute atomic E-state index is 12.7. The van der Waals surface area contributed by atoms with Gasteiger partial charge in [0.25, 0.3) is 0 Å². The quantitative estimate of drug-likeness (QED) is 0.532. The largest absolute Gasteiger partial charge is 0.497 e. The monoisotopic (exact) mass is 382 g/mol. The molecule has 0 radical (unpaired) electrons. The number of para-hydroxylation sites is 1. The van der Waals surface area contributed by atoms with Crippen LogP contribution in [0.15, 0.2) is 51.9 Å². The molecular weight excluding hydrogens is 364 g/mol. The number of aryl methyl sites for hydroxylation is 1. The van der Waals surface area contributed by atoms with Gasteiger partial charge in [0, 0.05) is 12.4 Å². The van der Waals surface area contributed by atoms with Gasteiger partial charge in [0.1, 0.15) is 5.75 Å². The van der Waals surface area contributed by atoms with Crippen LogP contribution in [0.3, 0.4) is 0 Å². The molecule has 0 fully saturated rings. The minimum Gasteiger partial charge on any atom is -0.497 e. The first-order chi connectivity index (χ1) is 13.1. The summed E-state index contributed by atoms with van der Waals surface area (Å²) in [4.78, 5) is 17.5. The molecule has 0 N–H and O–H groups in total. The zero-order valence-corrected chi connectivity index (χ0v) is 16.0. The number of hydrogen-bond acceptors (Lipinski definition) is 5. The van der Waals surface area contributed by atoms with Crippen LogP contribution in [-0.2, 0) is 7.05 Å². The van der Waals surface area contributed by atoms with Crippen molar-refractivity contribution in [3.8, 4) is 11.5 Å². The fourth-order valence-corrected chi connectivity index (χ4v) is 3.95. The summed E-state index contributed by atoms with van der Waals surface area (Å²) in [6.45, 7) is 2.42. The molecular formula is C20H18N2O4S. The average Bonchev–Trinajstić information content (AvgIpc) is 3.24. The van der Waals surface area contributed by atoms with Crippen molar-refractivity contribution in [1.29, 1.82) is 0 Å². The highest BCUT2D eigenvalue weighted by atomic mass is 32.1. The summed E-state index contributed by atoms with van der Waals surface area (Å²) in [5.41, 5.74) is 1.54. The molecule has 4 rings (SSSR count). The third kappa shape index (κ3) is 3.10. The molecule has 0 aliphatic heterocycles. The van der Waals surface area contributed by atoms with Gasteiger partial charge in [0.15, 0.2) is 21.9 Å². The standard InChI is InChI=1S/C20H18N2O4S/c1-4-25-15-7-5-6-12-10-16(26-18(12)15)19(23)21-20-22(2)14-9-8-13(24-3)11-17(14)27-20/h5-11H,4H2,1-3H3. The maximum atomic E-state index is 12.7.